The predicted molar refractivity (Wildman–Crippen MR) is 125 cm³/mol. The van der Waals surface area contributed by atoms with Crippen LogP contribution in [0, 0.1) is 0 Å². The van der Waals surface area contributed by atoms with Crippen LogP contribution in [0.4, 0.5) is 0 Å². The molecule has 6 nitrogen and oxygen atoms in total. The van der Waals surface area contributed by atoms with Gasteiger partial charge in [0.2, 0.25) is 5.75 Å². The minimum atomic E-state index is -0.587. The SMILES string of the molecule is CCCCCCCCn1c(=O)c(OC(C)=O)c(OCc2ccccc2)c2ccc(O)cc21. The van der Waals surface area contributed by atoms with E-state index in [2.05, 4.69) is 6.92 Å². The van der Waals surface area contributed by atoms with Crippen LogP contribution in [-0.4, -0.2) is 15.6 Å². The van der Waals surface area contributed by atoms with Crippen LogP contribution in [0.3, 0.4) is 0 Å². The summed E-state index contributed by atoms with van der Waals surface area (Å²) in [6, 6.07) is 14.3. The number of ether oxygens (including phenoxy) is 2. The molecule has 0 unspecified atom stereocenters. The van der Waals surface area contributed by atoms with Crippen molar-refractivity contribution in [2.45, 2.75) is 65.5 Å². The zero-order chi connectivity index (χ0) is 22.9. The zero-order valence-corrected chi connectivity index (χ0v) is 18.8. The average Bonchev–Trinajstić information content (AvgIpc) is 2.78. The second kappa shape index (κ2) is 11.4. The quantitative estimate of drug-likeness (QED) is 0.313. The summed E-state index contributed by atoms with van der Waals surface area (Å²) in [6.45, 7) is 4.12. The normalized spacial score (nSPS) is 10.9. The Labute approximate surface area is 188 Å². The van der Waals surface area contributed by atoms with E-state index in [0.717, 1.165) is 24.8 Å². The number of aromatic hydroxyl groups is 1. The third-order valence-corrected chi connectivity index (χ3v) is 5.37. The minimum absolute atomic E-state index is 0.0582. The van der Waals surface area contributed by atoms with E-state index < -0.39 is 11.5 Å². The molecular weight excluding hydrogens is 406 g/mol. The van der Waals surface area contributed by atoms with Gasteiger partial charge in [0, 0.05) is 24.9 Å². The third-order valence-electron chi connectivity index (χ3n) is 5.37. The molecule has 0 atom stereocenters. The van der Waals surface area contributed by atoms with Gasteiger partial charge in [-0.2, -0.15) is 0 Å². The molecule has 0 spiro atoms. The molecule has 0 radical (unpaired) electrons. The van der Waals surface area contributed by atoms with Crippen molar-refractivity contribution in [3.63, 3.8) is 0 Å². The number of aryl methyl sites for hydroxylation is 1. The fraction of sp³-hybridized carbons (Fsp3) is 0.385. The molecule has 0 amide bonds. The molecule has 1 heterocycles. The van der Waals surface area contributed by atoms with Gasteiger partial charge in [0.05, 0.1) is 5.52 Å². The highest BCUT2D eigenvalue weighted by molar-refractivity contribution is 5.90. The number of aromatic nitrogens is 1. The molecule has 3 aromatic rings. The van der Waals surface area contributed by atoms with Crippen LogP contribution in [-0.2, 0) is 17.9 Å². The standard InChI is InChI=1S/C26H31NO5/c1-3-4-5-6-7-11-16-27-23-17-21(29)14-15-22(23)24(25(26(27)30)32-19(2)28)31-18-20-12-9-8-10-13-20/h8-10,12-15,17,29H,3-7,11,16,18H2,1-2H3. The van der Waals surface area contributed by atoms with E-state index >= 15 is 0 Å². The lowest BCUT2D eigenvalue weighted by molar-refractivity contribution is -0.132. The van der Waals surface area contributed by atoms with E-state index in [-0.39, 0.29) is 23.9 Å². The highest BCUT2D eigenvalue weighted by Gasteiger charge is 2.21. The van der Waals surface area contributed by atoms with Crippen molar-refractivity contribution in [2.75, 3.05) is 0 Å². The monoisotopic (exact) mass is 437 g/mol. The Hall–Kier alpha value is -3.28. The molecule has 0 bridgehead atoms. The van der Waals surface area contributed by atoms with Gasteiger partial charge in [0.1, 0.15) is 12.4 Å². The number of benzene rings is 2. The molecule has 3 rings (SSSR count). The molecular formula is C26H31NO5. The summed E-state index contributed by atoms with van der Waals surface area (Å²) in [5.41, 5.74) is 1.04. The number of carbonyl (C=O) groups excluding carboxylic acids is 1. The molecule has 0 saturated carbocycles. The van der Waals surface area contributed by atoms with Crippen molar-refractivity contribution >= 4 is 16.9 Å². The Morgan fingerprint density at radius 1 is 0.969 bits per heavy atom. The van der Waals surface area contributed by atoms with Crippen LogP contribution in [0.25, 0.3) is 10.9 Å². The van der Waals surface area contributed by atoms with Crippen LogP contribution < -0.4 is 15.0 Å². The number of nitrogens with zero attached hydrogens (tertiary/aromatic N) is 1. The van der Waals surface area contributed by atoms with Gasteiger partial charge in [-0.1, -0.05) is 69.4 Å². The highest BCUT2D eigenvalue weighted by atomic mass is 16.6. The maximum Gasteiger partial charge on any atom is 0.308 e. The maximum absolute atomic E-state index is 13.4. The third kappa shape index (κ3) is 5.90. The molecule has 2 aromatic carbocycles. The van der Waals surface area contributed by atoms with Gasteiger partial charge < -0.3 is 19.1 Å². The second-order valence-electron chi connectivity index (χ2n) is 7.95. The number of esters is 1. The average molecular weight is 438 g/mol. The van der Waals surface area contributed by atoms with Gasteiger partial charge in [-0.05, 0) is 24.1 Å². The largest absolute Gasteiger partial charge is 0.508 e. The summed E-state index contributed by atoms with van der Waals surface area (Å²) in [5, 5.41) is 10.7. The summed E-state index contributed by atoms with van der Waals surface area (Å²) >= 11 is 0. The molecule has 0 fully saturated rings. The van der Waals surface area contributed by atoms with Crippen LogP contribution in [0.2, 0.25) is 0 Å². The summed E-state index contributed by atoms with van der Waals surface area (Å²) in [4.78, 5) is 25.1. The van der Waals surface area contributed by atoms with E-state index in [1.165, 1.54) is 32.3 Å². The number of unbranched alkanes of at least 4 members (excludes halogenated alkanes) is 5. The smallest absolute Gasteiger partial charge is 0.308 e. The van der Waals surface area contributed by atoms with Gasteiger partial charge in [-0.25, -0.2) is 0 Å². The number of hydrogen-bond acceptors (Lipinski definition) is 5. The zero-order valence-electron chi connectivity index (χ0n) is 18.8. The molecule has 0 aliphatic carbocycles. The van der Waals surface area contributed by atoms with Gasteiger partial charge in [-0.15, -0.1) is 0 Å². The van der Waals surface area contributed by atoms with Gasteiger partial charge >= 0.3 is 5.97 Å². The lowest BCUT2D eigenvalue weighted by atomic mass is 10.1. The fourth-order valence-corrected chi connectivity index (χ4v) is 3.77. The fourth-order valence-electron chi connectivity index (χ4n) is 3.77. The topological polar surface area (TPSA) is 77.8 Å². The number of phenols is 1. The van der Waals surface area contributed by atoms with Crippen LogP contribution in [0.5, 0.6) is 17.2 Å². The van der Waals surface area contributed by atoms with E-state index in [4.69, 9.17) is 9.47 Å². The number of pyridine rings is 1. The molecule has 1 N–H and O–H groups in total. The Kier molecular flexibility index (Phi) is 8.31. The molecule has 170 valence electrons. The number of fused-ring (bicyclic) bond motifs is 1. The van der Waals surface area contributed by atoms with E-state index in [9.17, 15) is 14.7 Å². The van der Waals surface area contributed by atoms with Crippen molar-refractivity contribution in [3.8, 4) is 17.2 Å². The number of phenolic OH excluding ortho intramolecular Hbond substituents is 1. The first kappa shape index (κ1) is 23.4. The molecule has 32 heavy (non-hydrogen) atoms. The van der Waals surface area contributed by atoms with Crippen molar-refractivity contribution in [1.82, 2.24) is 4.57 Å². The molecule has 1 aromatic heterocycles. The van der Waals surface area contributed by atoms with E-state index in [1.54, 1.807) is 16.7 Å². The van der Waals surface area contributed by atoms with Crippen molar-refractivity contribution < 1.29 is 19.4 Å². The molecule has 0 aliphatic heterocycles. The van der Waals surface area contributed by atoms with Crippen molar-refractivity contribution in [2.24, 2.45) is 0 Å². The number of carbonyl (C=O) groups is 1. The highest BCUT2D eigenvalue weighted by Crippen LogP contribution is 2.35. The van der Waals surface area contributed by atoms with Gasteiger partial charge in [0.15, 0.2) is 5.75 Å². The summed E-state index contributed by atoms with van der Waals surface area (Å²) < 4.78 is 12.9. The van der Waals surface area contributed by atoms with Crippen molar-refractivity contribution in [1.29, 1.82) is 0 Å². The van der Waals surface area contributed by atoms with Crippen LogP contribution >= 0.6 is 0 Å². The Morgan fingerprint density at radius 3 is 2.41 bits per heavy atom. The minimum Gasteiger partial charge on any atom is -0.508 e. The number of hydrogen-bond donors (Lipinski definition) is 1. The molecule has 0 saturated heterocycles. The Balaban J connectivity index is 1.99. The molecule has 6 heteroatoms. The summed E-state index contributed by atoms with van der Waals surface area (Å²) in [6.07, 6.45) is 6.50. The first-order valence-electron chi connectivity index (χ1n) is 11.3. The van der Waals surface area contributed by atoms with Gasteiger partial charge in [0.25, 0.3) is 5.56 Å². The van der Waals surface area contributed by atoms with Crippen molar-refractivity contribution in [3.05, 3.63) is 64.4 Å². The Morgan fingerprint density at radius 2 is 1.69 bits per heavy atom. The maximum atomic E-state index is 13.4. The van der Waals surface area contributed by atoms with E-state index in [1.807, 2.05) is 30.3 Å². The number of rotatable bonds is 11. The Bertz CT molecular complexity index is 1100. The van der Waals surface area contributed by atoms with Crippen LogP contribution in [0.1, 0.15) is 57.9 Å². The van der Waals surface area contributed by atoms with Crippen LogP contribution in [0.15, 0.2) is 53.3 Å². The lowest BCUT2D eigenvalue weighted by Crippen LogP contribution is -2.25. The molecule has 0 aliphatic rings. The summed E-state index contributed by atoms with van der Waals surface area (Å²) in [5.74, 6) is -0.431. The summed E-state index contributed by atoms with van der Waals surface area (Å²) in [7, 11) is 0. The first-order valence-corrected chi connectivity index (χ1v) is 11.3. The second-order valence-corrected chi connectivity index (χ2v) is 7.95. The first-order chi connectivity index (χ1) is 15.5. The van der Waals surface area contributed by atoms with E-state index in [0.29, 0.717) is 17.4 Å². The predicted octanol–water partition coefficient (Wildman–Crippen LogP) is 5.57. The van der Waals surface area contributed by atoms with Gasteiger partial charge in [-0.3, -0.25) is 9.59 Å². The lowest BCUT2D eigenvalue weighted by Gasteiger charge is -2.18.